The van der Waals surface area contributed by atoms with Gasteiger partial charge in [-0.1, -0.05) is 26.2 Å². The minimum atomic E-state index is -1.34. The van der Waals surface area contributed by atoms with Gasteiger partial charge in [0.1, 0.15) is 5.75 Å². The summed E-state index contributed by atoms with van der Waals surface area (Å²) in [6, 6.07) is 4.78. The monoisotopic (exact) mass is 304 g/mol. The molecular weight excluding hydrogens is 284 g/mol. The Bertz CT molecular complexity index is 591. The predicted octanol–water partition coefficient (Wildman–Crippen LogP) is 2.96. The van der Waals surface area contributed by atoms with E-state index in [1.165, 1.54) is 13.3 Å². The zero-order valence-electron chi connectivity index (χ0n) is 12.9. The lowest BCUT2D eigenvalue weighted by molar-refractivity contribution is -0.142. The van der Waals surface area contributed by atoms with Gasteiger partial charge in [0.25, 0.3) is 0 Å². The zero-order valence-corrected chi connectivity index (χ0v) is 12.9. The fourth-order valence-corrected chi connectivity index (χ4v) is 2.43. The second kappa shape index (κ2) is 7.20. The van der Waals surface area contributed by atoms with Crippen LogP contribution < -0.4 is 4.74 Å². The minimum Gasteiger partial charge on any atom is -0.494 e. The van der Waals surface area contributed by atoms with Crippen LogP contribution in [-0.2, 0) is 9.53 Å². The van der Waals surface area contributed by atoms with Crippen LogP contribution in [-0.4, -0.2) is 30.2 Å². The first-order valence-electron chi connectivity index (χ1n) is 7.57. The molecule has 0 aliphatic heterocycles. The van der Waals surface area contributed by atoms with Crippen molar-refractivity contribution < 1.29 is 23.9 Å². The van der Waals surface area contributed by atoms with Gasteiger partial charge in [-0.2, -0.15) is 0 Å². The molecule has 1 aromatic carbocycles. The average Bonchev–Trinajstić information content (AvgIpc) is 2.72. The number of carbonyl (C=O) groups is 3. The van der Waals surface area contributed by atoms with E-state index in [2.05, 4.69) is 6.92 Å². The maximum atomic E-state index is 12.2. The molecule has 118 valence electrons. The minimum absolute atomic E-state index is 0.266. The lowest BCUT2D eigenvalue weighted by Gasteiger charge is -2.07. The predicted molar refractivity (Wildman–Crippen MR) is 80.3 cm³/mol. The Morgan fingerprint density at radius 3 is 2.50 bits per heavy atom. The molecule has 0 amide bonds. The van der Waals surface area contributed by atoms with E-state index < -0.39 is 23.6 Å². The average molecular weight is 304 g/mol. The molecule has 0 bridgehead atoms. The van der Waals surface area contributed by atoms with Gasteiger partial charge < -0.3 is 9.47 Å². The molecule has 1 aliphatic rings. The maximum Gasteiger partial charge on any atom is 0.303 e. The van der Waals surface area contributed by atoms with Crippen molar-refractivity contribution >= 4 is 17.5 Å². The second-order valence-corrected chi connectivity index (χ2v) is 5.33. The summed E-state index contributed by atoms with van der Waals surface area (Å²) in [5, 5.41) is 0. The maximum absolute atomic E-state index is 12.2. The highest BCUT2D eigenvalue weighted by Gasteiger charge is 2.41. The highest BCUT2D eigenvalue weighted by molar-refractivity contribution is 6.29. The first-order valence-corrected chi connectivity index (χ1v) is 7.57. The summed E-state index contributed by atoms with van der Waals surface area (Å²) in [5.41, 5.74) is 0.553. The highest BCUT2D eigenvalue weighted by Crippen LogP contribution is 2.28. The van der Waals surface area contributed by atoms with Crippen LogP contribution in [0, 0.1) is 0 Å². The van der Waals surface area contributed by atoms with Gasteiger partial charge in [-0.15, -0.1) is 0 Å². The SMILES string of the molecule is CCCCCCOc1ccc2c(c1)C(=O)C(OC(C)=O)C2=O. The number of hydrogen-bond donors (Lipinski definition) is 0. The third-order valence-corrected chi connectivity index (χ3v) is 3.55. The number of carbonyl (C=O) groups excluding carboxylic acids is 3. The van der Waals surface area contributed by atoms with Gasteiger partial charge in [0.2, 0.25) is 17.7 Å². The number of Topliss-reactive ketones (excluding diaryl/α,β-unsaturated/α-hetero) is 2. The van der Waals surface area contributed by atoms with Crippen LogP contribution in [0.5, 0.6) is 5.75 Å². The van der Waals surface area contributed by atoms with Crippen LogP contribution >= 0.6 is 0 Å². The number of unbranched alkanes of at least 4 members (excludes halogenated alkanes) is 3. The first-order chi connectivity index (χ1) is 10.5. The van der Waals surface area contributed by atoms with Gasteiger partial charge in [0, 0.05) is 18.1 Å². The standard InChI is InChI=1S/C17H20O5/c1-3-4-5-6-9-21-12-7-8-13-14(10-12)16(20)17(15(13)19)22-11(2)18/h7-8,10,17H,3-6,9H2,1-2H3. The Morgan fingerprint density at radius 1 is 1.09 bits per heavy atom. The molecule has 0 saturated carbocycles. The second-order valence-electron chi connectivity index (χ2n) is 5.33. The normalized spacial score (nSPS) is 16.5. The lowest BCUT2D eigenvalue weighted by Crippen LogP contribution is -2.27. The van der Waals surface area contributed by atoms with Crippen molar-refractivity contribution in [2.24, 2.45) is 0 Å². The van der Waals surface area contributed by atoms with Gasteiger partial charge in [-0.3, -0.25) is 14.4 Å². The van der Waals surface area contributed by atoms with E-state index in [1.54, 1.807) is 18.2 Å². The van der Waals surface area contributed by atoms with Crippen molar-refractivity contribution in [2.45, 2.75) is 45.6 Å². The Labute approximate surface area is 129 Å². The third kappa shape index (κ3) is 3.53. The molecule has 5 nitrogen and oxygen atoms in total. The van der Waals surface area contributed by atoms with Gasteiger partial charge in [0.05, 0.1) is 6.61 Å². The zero-order chi connectivity index (χ0) is 16.1. The van der Waals surface area contributed by atoms with Crippen LogP contribution in [0.25, 0.3) is 0 Å². The van der Waals surface area contributed by atoms with Crippen LogP contribution in [0.3, 0.4) is 0 Å². The van der Waals surface area contributed by atoms with E-state index in [0.717, 1.165) is 19.3 Å². The summed E-state index contributed by atoms with van der Waals surface area (Å²) < 4.78 is 10.4. The molecule has 0 fully saturated rings. The molecular formula is C17H20O5. The number of ether oxygens (including phenoxy) is 2. The highest BCUT2D eigenvalue weighted by atomic mass is 16.5. The van der Waals surface area contributed by atoms with Crippen LogP contribution in [0.1, 0.15) is 60.2 Å². The molecule has 2 rings (SSSR count). The molecule has 0 aromatic heterocycles. The number of benzene rings is 1. The summed E-state index contributed by atoms with van der Waals surface area (Å²) >= 11 is 0. The largest absolute Gasteiger partial charge is 0.494 e. The molecule has 0 radical (unpaired) electrons. The molecule has 1 aromatic rings. The number of hydrogen-bond acceptors (Lipinski definition) is 5. The topological polar surface area (TPSA) is 69.7 Å². The number of fused-ring (bicyclic) bond motifs is 1. The van der Waals surface area contributed by atoms with Crippen molar-refractivity contribution in [3.8, 4) is 5.75 Å². The van der Waals surface area contributed by atoms with Gasteiger partial charge in [-0.25, -0.2) is 0 Å². The van der Waals surface area contributed by atoms with Crippen LogP contribution in [0.4, 0.5) is 0 Å². The molecule has 1 atom stereocenters. The van der Waals surface area contributed by atoms with Crippen molar-refractivity contribution in [1.82, 2.24) is 0 Å². The summed E-state index contributed by atoms with van der Waals surface area (Å²) in [5.74, 6) is -1.04. The number of esters is 1. The van der Waals surface area contributed by atoms with Crippen molar-refractivity contribution in [3.63, 3.8) is 0 Å². The lowest BCUT2D eigenvalue weighted by atomic mass is 10.1. The summed E-state index contributed by atoms with van der Waals surface area (Å²) in [6.07, 6.45) is 3.05. The van der Waals surface area contributed by atoms with Crippen molar-refractivity contribution in [3.05, 3.63) is 29.3 Å². The summed E-state index contributed by atoms with van der Waals surface area (Å²) in [6.45, 7) is 3.90. The molecule has 5 heteroatoms. The van der Waals surface area contributed by atoms with E-state index in [4.69, 9.17) is 9.47 Å². The van der Waals surface area contributed by atoms with Crippen LogP contribution in [0.2, 0.25) is 0 Å². The molecule has 0 heterocycles. The first kappa shape index (κ1) is 16.2. The summed E-state index contributed by atoms with van der Waals surface area (Å²) in [7, 11) is 0. The third-order valence-electron chi connectivity index (χ3n) is 3.55. The Balaban J connectivity index is 2.04. The Morgan fingerprint density at radius 2 is 1.82 bits per heavy atom. The smallest absolute Gasteiger partial charge is 0.303 e. The fraction of sp³-hybridized carbons (Fsp3) is 0.471. The van der Waals surface area contributed by atoms with E-state index in [9.17, 15) is 14.4 Å². The fourth-order valence-electron chi connectivity index (χ4n) is 2.43. The van der Waals surface area contributed by atoms with Crippen LogP contribution in [0.15, 0.2) is 18.2 Å². The number of ketones is 2. The van der Waals surface area contributed by atoms with Gasteiger partial charge >= 0.3 is 5.97 Å². The molecule has 22 heavy (non-hydrogen) atoms. The van der Waals surface area contributed by atoms with Crippen molar-refractivity contribution in [2.75, 3.05) is 6.61 Å². The van der Waals surface area contributed by atoms with E-state index in [-0.39, 0.29) is 11.1 Å². The molecule has 0 saturated heterocycles. The van der Waals surface area contributed by atoms with E-state index in [1.807, 2.05) is 0 Å². The van der Waals surface area contributed by atoms with Gasteiger partial charge in [-0.05, 0) is 24.6 Å². The molecule has 1 unspecified atom stereocenters. The quantitative estimate of drug-likeness (QED) is 0.440. The Kier molecular flexibility index (Phi) is 5.31. The summed E-state index contributed by atoms with van der Waals surface area (Å²) in [4.78, 5) is 35.2. The van der Waals surface area contributed by atoms with Crippen molar-refractivity contribution in [1.29, 1.82) is 0 Å². The molecule has 0 N–H and O–H groups in total. The van der Waals surface area contributed by atoms with Gasteiger partial charge in [0.15, 0.2) is 0 Å². The molecule has 0 spiro atoms. The van der Waals surface area contributed by atoms with E-state index >= 15 is 0 Å². The van der Waals surface area contributed by atoms with E-state index in [0.29, 0.717) is 12.4 Å². The Hall–Kier alpha value is -2.17. The number of rotatable bonds is 7. The molecule has 1 aliphatic carbocycles.